The molecule has 0 aromatic carbocycles. The minimum atomic E-state index is -3.27. The van der Waals surface area contributed by atoms with Crippen molar-refractivity contribution in [2.45, 2.75) is 13.0 Å². The molecule has 0 aliphatic carbocycles. The first-order valence-electron chi connectivity index (χ1n) is 5.67. The van der Waals surface area contributed by atoms with E-state index >= 15 is 0 Å². The van der Waals surface area contributed by atoms with Gasteiger partial charge < -0.3 is 10.1 Å². The molecule has 1 N–H and O–H groups in total. The van der Waals surface area contributed by atoms with Crippen molar-refractivity contribution in [2.24, 2.45) is 0 Å². The van der Waals surface area contributed by atoms with Gasteiger partial charge in [-0.3, -0.25) is 0 Å². The molecule has 1 atom stereocenters. The Labute approximate surface area is 96.7 Å². The molecule has 0 saturated carbocycles. The maximum absolute atomic E-state index is 12.3. The van der Waals surface area contributed by atoms with Crippen LogP contribution in [0.15, 0.2) is 0 Å². The predicted molar refractivity (Wildman–Crippen MR) is 60.3 cm³/mol. The molecule has 0 radical (unpaired) electrons. The number of morpholine rings is 1. The first-order chi connectivity index (χ1) is 7.60. The second-order valence-electron chi connectivity index (χ2n) is 4.23. The molecular formula is C9H19N3O3S. The molecule has 7 heteroatoms. The van der Waals surface area contributed by atoms with Gasteiger partial charge in [-0.2, -0.15) is 17.0 Å². The lowest BCUT2D eigenvalue weighted by atomic mass is 10.3. The number of ether oxygens (including phenoxy) is 1. The second kappa shape index (κ2) is 4.97. The van der Waals surface area contributed by atoms with Crippen molar-refractivity contribution in [3.05, 3.63) is 0 Å². The van der Waals surface area contributed by atoms with Crippen LogP contribution in [0, 0.1) is 0 Å². The lowest BCUT2D eigenvalue weighted by Gasteiger charge is -2.36. The average Bonchev–Trinajstić information content (AvgIpc) is 2.30. The monoisotopic (exact) mass is 249 g/mol. The van der Waals surface area contributed by atoms with Gasteiger partial charge in [-0.15, -0.1) is 0 Å². The summed E-state index contributed by atoms with van der Waals surface area (Å²) in [5, 5.41) is 3.24. The van der Waals surface area contributed by atoms with Crippen LogP contribution in [0.1, 0.15) is 6.92 Å². The molecule has 0 aromatic heterocycles. The van der Waals surface area contributed by atoms with Crippen LogP contribution in [-0.4, -0.2) is 69.0 Å². The van der Waals surface area contributed by atoms with Gasteiger partial charge in [-0.25, -0.2) is 0 Å². The van der Waals surface area contributed by atoms with Crippen LogP contribution in [0.2, 0.25) is 0 Å². The maximum atomic E-state index is 12.3. The van der Waals surface area contributed by atoms with Gasteiger partial charge in [0.2, 0.25) is 0 Å². The van der Waals surface area contributed by atoms with E-state index in [0.717, 1.165) is 6.54 Å². The number of hydrogen-bond acceptors (Lipinski definition) is 4. The van der Waals surface area contributed by atoms with Crippen molar-refractivity contribution in [3.63, 3.8) is 0 Å². The summed E-state index contributed by atoms with van der Waals surface area (Å²) in [7, 11) is -3.27. The summed E-state index contributed by atoms with van der Waals surface area (Å²) in [5.41, 5.74) is 0. The first kappa shape index (κ1) is 12.3. The summed E-state index contributed by atoms with van der Waals surface area (Å²) >= 11 is 0. The van der Waals surface area contributed by atoms with E-state index in [1.165, 1.54) is 4.31 Å². The fraction of sp³-hybridized carbons (Fsp3) is 1.00. The summed E-state index contributed by atoms with van der Waals surface area (Å²) in [6.45, 7) is 5.79. The molecule has 94 valence electrons. The van der Waals surface area contributed by atoms with E-state index < -0.39 is 10.2 Å². The van der Waals surface area contributed by atoms with E-state index in [-0.39, 0.29) is 6.04 Å². The van der Waals surface area contributed by atoms with Gasteiger partial charge in [0.25, 0.3) is 10.2 Å². The molecule has 2 rings (SSSR count). The molecular weight excluding hydrogens is 230 g/mol. The Balaban J connectivity index is 2.05. The highest BCUT2D eigenvalue weighted by atomic mass is 32.2. The second-order valence-corrected chi connectivity index (χ2v) is 6.16. The Morgan fingerprint density at radius 2 is 1.88 bits per heavy atom. The third-order valence-electron chi connectivity index (χ3n) is 2.95. The topological polar surface area (TPSA) is 61.9 Å². The van der Waals surface area contributed by atoms with Gasteiger partial charge in [0.15, 0.2) is 0 Å². The molecule has 0 amide bonds. The average molecular weight is 249 g/mol. The normalized spacial score (nSPS) is 30.4. The van der Waals surface area contributed by atoms with Gasteiger partial charge >= 0.3 is 0 Å². The minimum absolute atomic E-state index is 0.226. The molecule has 2 saturated heterocycles. The summed E-state index contributed by atoms with van der Waals surface area (Å²) in [5.74, 6) is 0. The van der Waals surface area contributed by atoms with Crippen LogP contribution < -0.4 is 5.32 Å². The summed E-state index contributed by atoms with van der Waals surface area (Å²) in [6, 6.07) is 0.226. The van der Waals surface area contributed by atoms with E-state index in [9.17, 15) is 8.42 Å². The van der Waals surface area contributed by atoms with E-state index in [1.807, 2.05) is 6.92 Å². The standard InChI is InChI=1S/C9H19N3O3S/c1-9-8-12(3-2-10-9)16(13,14)11-4-6-15-7-5-11/h9-10H,2-8H2,1H3. The zero-order valence-electron chi connectivity index (χ0n) is 9.55. The Morgan fingerprint density at radius 3 is 2.50 bits per heavy atom. The third-order valence-corrected chi connectivity index (χ3v) is 4.96. The van der Waals surface area contributed by atoms with Gasteiger partial charge in [-0.05, 0) is 6.92 Å². The zero-order chi connectivity index (χ0) is 11.6. The highest BCUT2D eigenvalue weighted by Crippen LogP contribution is 2.13. The van der Waals surface area contributed by atoms with Crippen molar-refractivity contribution in [3.8, 4) is 0 Å². The van der Waals surface area contributed by atoms with E-state index in [4.69, 9.17) is 4.74 Å². The van der Waals surface area contributed by atoms with Crippen LogP contribution in [0.5, 0.6) is 0 Å². The molecule has 16 heavy (non-hydrogen) atoms. The number of rotatable bonds is 2. The highest BCUT2D eigenvalue weighted by Gasteiger charge is 2.33. The van der Waals surface area contributed by atoms with E-state index in [0.29, 0.717) is 39.4 Å². The number of nitrogens with one attached hydrogen (secondary N) is 1. The van der Waals surface area contributed by atoms with Crippen LogP contribution >= 0.6 is 0 Å². The Morgan fingerprint density at radius 1 is 1.19 bits per heavy atom. The first-order valence-corrected chi connectivity index (χ1v) is 7.07. The van der Waals surface area contributed by atoms with Crippen LogP contribution in [0.3, 0.4) is 0 Å². The Hall–Kier alpha value is -0.210. The molecule has 2 fully saturated rings. The molecule has 0 spiro atoms. The molecule has 1 unspecified atom stereocenters. The molecule has 2 aliphatic rings. The Bertz CT molecular complexity index is 327. The largest absolute Gasteiger partial charge is 0.379 e. The number of hydrogen-bond donors (Lipinski definition) is 1. The summed E-state index contributed by atoms with van der Waals surface area (Å²) in [4.78, 5) is 0. The predicted octanol–water partition coefficient (Wildman–Crippen LogP) is -1.14. The van der Waals surface area contributed by atoms with Crippen molar-refractivity contribution in [1.29, 1.82) is 0 Å². The van der Waals surface area contributed by atoms with E-state index in [2.05, 4.69) is 5.32 Å². The van der Waals surface area contributed by atoms with Gasteiger partial charge in [0, 0.05) is 38.8 Å². The SMILES string of the molecule is CC1CN(S(=O)(=O)N2CCOCC2)CCN1. The molecule has 0 aromatic rings. The number of piperazine rings is 1. The zero-order valence-corrected chi connectivity index (χ0v) is 10.4. The van der Waals surface area contributed by atoms with Crippen molar-refractivity contribution in [1.82, 2.24) is 13.9 Å². The smallest absolute Gasteiger partial charge is 0.282 e. The van der Waals surface area contributed by atoms with Crippen LogP contribution in [0.25, 0.3) is 0 Å². The Kier molecular flexibility index (Phi) is 3.81. The van der Waals surface area contributed by atoms with Gasteiger partial charge in [0.05, 0.1) is 13.2 Å². The minimum Gasteiger partial charge on any atom is -0.379 e. The lowest BCUT2D eigenvalue weighted by Crippen LogP contribution is -2.56. The molecule has 2 aliphatic heterocycles. The fourth-order valence-electron chi connectivity index (χ4n) is 2.05. The fourth-order valence-corrected chi connectivity index (χ4v) is 3.72. The summed E-state index contributed by atoms with van der Waals surface area (Å²) < 4.78 is 32.8. The van der Waals surface area contributed by atoms with Crippen LogP contribution in [-0.2, 0) is 14.9 Å². The maximum Gasteiger partial charge on any atom is 0.282 e. The molecule has 2 heterocycles. The van der Waals surface area contributed by atoms with E-state index in [1.54, 1.807) is 4.31 Å². The third kappa shape index (κ3) is 2.54. The van der Waals surface area contributed by atoms with Crippen molar-refractivity contribution >= 4 is 10.2 Å². The molecule has 6 nitrogen and oxygen atoms in total. The van der Waals surface area contributed by atoms with Crippen molar-refractivity contribution < 1.29 is 13.2 Å². The van der Waals surface area contributed by atoms with Gasteiger partial charge in [0.1, 0.15) is 0 Å². The quantitative estimate of drug-likeness (QED) is 0.672. The molecule has 0 bridgehead atoms. The van der Waals surface area contributed by atoms with Crippen molar-refractivity contribution in [2.75, 3.05) is 45.9 Å². The summed E-state index contributed by atoms with van der Waals surface area (Å²) in [6.07, 6.45) is 0. The lowest BCUT2D eigenvalue weighted by molar-refractivity contribution is 0.0695. The highest BCUT2D eigenvalue weighted by molar-refractivity contribution is 7.86. The van der Waals surface area contributed by atoms with Gasteiger partial charge in [-0.1, -0.05) is 0 Å². The number of nitrogens with zero attached hydrogens (tertiary/aromatic N) is 2. The van der Waals surface area contributed by atoms with Crippen LogP contribution in [0.4, 0.5) is 0 Å².